The molecule has 0 atom stereocenters. The van der Waals surface area contributed by atoms with Crippen molar-refractivity contribution in [2.75, 3.05) is 7.11 Å². The third-order valence-corrected chi connectivity index (χ3v) is 4.82. The number of fused-ring (bicyclic) bond motifs is 1. The van der Waals surface area contributed by atoms with Crippen LogP contribution in [0, 0.1) is 0 Å². The van der Waals surface area contributed by atoms with E-state index in [4.69, 9.17) is 17.5 Å². The van der Waals surface area contributed by atoms with Crippen LogP contribution < -0.4 is 18.7 Å². The first-order valence-corrected chi connectivity index (χ1v) is 10.1. The molecule has 3 rings (SSSR count). The molecule has 0 unspecified atom stereocenters. The first kappa shape index (κ1) is 19.8. The molecule has 1 aromatic heterocycles. The molecular formula is C20H20O7S. The second-order valence-corrected chi connectivity index (χ2v) is 7.27. The summed E-state index contributed by atoms with van der Waals surface area (Å²) in [5.74, 6) is 0.151. The molecule has 28 heavy (non-hydrogen) atoms. The number of hydrogen-bond acceptors (Lipinski definition) is 7. The van der Waals surface area contributed by atoms with Gasteiger partial charge in [-0.2, -0.15) is 0 Å². The fourth-order valence-electron chi connectivity index (χ4n) is 2.64. The van der Waals surface area contributed by atoms with Crippen molar-refractivity contribution in [2.24, 2.45) is 0 Å². The molecule has 0 bridgehead atoms. The lowest BCUT2D eigenvalue weighted by Crippen LogP contribution is -2.17. The quantitative estimate of drug-likeness (QED) is 0.527. The second kappa shape index (κ2) is 8.35. The van der Waals surface area contributed by atoms with Gasteiger partial charge in [0.05, 0.1) is 7.11 Å². The highest BCUT2D eigenvalue weighted by Crippen LogP contribution is 2.33. The molecule has 1 heterocycles. The van der Waals surface area contributed by atoms with E-state index >= 15 is 0 Å². The lowest BCUT2D eigenvalue weighted by atomic mass is 10.1. The highest BCUT2D eigenvalue weighted by molar-refractivity contribution is 7.82. The minimum atomic E-state index is -4.40. The molecule has 0 amide bonds. The van der Waals surface area contributed by atoms with E-state index in [9.17, 15) is 13.2 Å². The number of aryl methyl sites for hydroxylation is 1. The molecule has 0 saturated carbocycles. The molecular weight excluding hydrogens is 384 g/mol. The summed E-state index contributed by atoms with van der Waals surface area (Å²) < 4.78 is 44.9. The van der Waals surface area contributed by atoms with E-state index < -0.39 is 16.0 Å². The van der Waals surface area contributed by atoms with Crippen LogP contribution in [0.25, 0.3) is 11.0 Å². The molecule has 148 valence electrons. The summed E-state index contributed by atoms with van der Waals surface area (Å²) in [6.07, 6.45) is 3.06. The van der Waals surface area contributed by atoms with Crippen LogP contribution in [0.2, 0.25) is 0 Å². The topological polar surface area (TPSA) is 92.0 Å². The predicted octanol–water partition coefficient (Wildman–Crippen LogP) is 3.85. The SMILES string of the molecule is CCCCc1ccc(OS(=O)(=O)Oc2cc3ccc(=O)oc3cc2OC)cc1. The van der Waals surface area contributed by atoms with Gasteiger partial charge in [-0.1, -0.05) is 25.5 Å². The normalized spacial score (nSPS) is 11.4. The van der Waals surface area contributed by atoms with E-state index in [1.807, 2.05) is 12.1 Å². The monoisotopic (exact) mass is 404 g/mol. The molecule has 0 aliphatic carbocycles. The van der Waals surface area contributed by atoms with Crippen molar-refractivity contribution in [2.45, 2.75) is 26.2 Å². The van der Waals surface area contributed by atoms with Crippen molar-refractivity contribution < 1.29 is 25.9 Å². The molecule has 8 heteroatoms. The molecule has 0 aliphatic rings. The van der Waals surface area contributed by atoms with Crippen molar-refractivity contribution in [1.29, 1.82) is 0 Å². The van der Waals surface area contributed by atoms with Gasteiger partial charge in [0.1, 0.15) is 11.3 Å². The van der Waals surface area contributed by atoms with Crippen LogP contribution in [-0.4, -0.2) is 15.5 Å². The van der Waals surface area contributed by atoms with Gasteiger partial charge in [0.25, 0.3) is 0 Å². The summed E-state index contributed by atoms with van der Waals surface area (Å²) in [4.78, 5) is 11.3. The third kappa shape index (κ3) is 4.83. The largest absolute Gasteiger partial charge is 0.501 e. The van der Waals surface area contributed by atoms with E-state index in [0.29, 0.717) is 5.39 Å². The predicted molar refractivity (Wildman–Crippen MR) is 104 cm³/mol. The van der Waals surface area contributed by atoms with E-state index in [1.165, 1.54) is 31.4 Å². The summed E-state index contributed by atoms with van der Waals surface area (Å²) in [7, 11) is -3.05. The molecule has 0 fully saturated rings. The Hall–Kier alpha value is -3.00. The average Bonchev–Trinajstić information content (AvgIpc) is 2.66. The van der Waals surface area contributed by atoms with Crippen LogP contribution in [0.15, 0.2) is 57.7 Å². The first-order valence-electron chi connectivity index (χ1n) is 8.75. The lowest BCUT2D eigenvalue weighted by molar-refractivity contribution is 0.364. The maximum Gasteiger partial charge on any atom is 0.501 e. The minimum Gasteiger partial charge on any atom is -0.493 e. The Morgan fingerprint density at radius 2 is 1.71 bits per heavy atom. The smallest absolute Gasteiger partial charge is 0.493 e. The maximum absolute atomic E-state index is 12.3. The van der Waals surface area contributed by atoms with Crippen LogP contribution in [0.4, 0.5) is 0 Å². The van der Waals surface area contributed by atoms with Crippen LogP contribution >= 0.6 is 0 Å². The fraction of sp³-hybridized carbons (Fsp3) is 0.250. The van der Waals surface area contributed by atoms with Crippen molar-refractivity contribution in [3.05, 3.63) is 64.5 Å². The Labute approximate surface area is 162 Å². The Bertz CT molecular complexity index is 1120. The van der Waals surface area contributed by atoms with Gasteiger partial charge in [0.15, 0.2) is 11.5 Å². The van der Waals surface area contributed by atoms with E-state index in [-0.39, 0.29) is 22.8 Å². The van der Waals surface area contributed by atoms with E-state index in [0.717, 1.165) is 24.8 Å². The van der Waals surface area contributed by atoms with Gasteiger partial charge in [-0.05, 0) is 42.7 Å². The molecule has 0 spiro atoms. The number of methoxy groups -OCH3 is 1. The fourth-order valence-corrected chi connectivity index (χ4v) is 3.37. The summed E-state index contributed by atoms with van der Waals surface area (Å²) in [6.45, 7) is 2.11. The van der Waals surface area contributed by atoms with Crippen molar-refractivity contribution in [3.63, 3.8) is 0 Å². The van der Waals surface area contributed by atoms with E-state index in [2.05, 4.69) is 6.92 Å². The zero-order valence-corrected chi connectivity index (χ0v) is 16.3. The number of hydrogen-bond donors (Lipinski definition) is 0. The van der Waals surface area contributed by atoms with Gasteiger partial charge in [0, 0.05) is 17.5 Å². The zero-order valence-electron chi connectivity index (χ0n) is 15.5. The second-order valence-electron chi connectivity index (χ2n) is 6.12. The maximum atomic E-state index is 12.3. The Morgan fingerprint density at radius 3 is 2.39 bits per heavy atom. The Kier molecular flexibility index (Phi) is 5.89. The first-order chi connectivity index (χ1) is 13.4. The Morgan fingerprint density at radius 1 is 0.964 bits per heavy atom. The highest BCUT2D eigenvalue weighted by Gasteiger charge is 2.20. The van der Waals surface area contributed by atoms with Gasteiger partial charge in [-0.25, -0.2) is 4.79 Å². The van der Waals surface area contributed by atoms with Gasteiger partial charge >= 0.3 is 16.0 Å². The molecule has 0 N–H and O–H groups in total. The average molecular weight is 404 g/mol. The summed E-state index contributed by atoms with van der Waals surface area (Å²) in [6, 6.07) is 12.3. The van der Waals surface area contributed by atoms with Crippen LogP contribution in [0.3, 0.4) is 0 Å². The van der Waals surface area contributed by atoms with Gasteiger partial charge in [-0.3, -0.25) is 0 Å². The molecule has 3 aromatic rings. The van der Waals surface area contributed by atoms with Crippen LogP contribution in [0.5, 0.6) is 17.2 Å². The Balaban J connectivity index is 1.81. The summed E-state index contributed by atoms with van der Waals surface area (Å²) in [5.41, 5.74) is 0.824. The minimum absolute atomic E-state index is 0.0802. The van der Waals surface area contributed by atoms with E-state index in [1.54, 1.807) is 12.1 Å². The van der Waals surface area contributed by atoms with Crippen molar-refractivity contribution in [1.82, 2.24) is 0 Å². The number of unbranched alkanes of at least 4 members (excludes halogenated alkanes) is 1. The highest BCUT2D eigenvalue weighted by atomic mass is 32.3. The van der Waals surface area contributed by atoms with Gasteiger partial charge < -0.3 is 17.5 Å². The number of rotatable bonds is 8. The van der Waals surface area contributed by atoms with Crippen LogP contribution in [0.1, 0.15) is 25.3 Å². The lowest BCUT2D eigenvalue weighted by Gasteiger charge is -2.12. The zero-order chi connectivity index (χ0) is 20.1. The van der Waals surface area contributed by atoms with Gasteiger partial charge in [0.2, 0.25) is 0 Å². The van der Waals surface area contributed by atoms with Crippen molar-refractivity contribution in [3.8, 4) is 17.2 Å². The van der Waals surface area contributed by atoms with Gasteiger partial charge in [-0.15, -0.1) is 8.42 Å². The number of ether oxygens (including phenoxy) is 1. The van der Waals surface area contributed by atoms with Crippen molar-refractivity contribution >= 4 is 21.4 Å². The molecule has 7 nitrogen and oxygen atoms in total. The standard InChI is InChI=1S/C20H20O7S/c1-3-4-5-14-6-9-16(10-7-14)26-28(22,23)27-19-12-15-8-11-20(21)25-17(15)13-18(19)24-2/h6-13H,3-5H2,1-2H3. The summed E-state index contributed by atoms with van der Waals surface area (Å²) >= 11 is 0. The van der Waals surface area contributed by atoms with Crippen LogP contribution in [-0.2, 0) is 16.8 Å². The molecule has 0 aliphatic heterocycles. The number of benzene rings is 2. The molecule has 2 aromatic carbocycles. The summed E-state index contributed by atoms with van der Waals surface area (Å²) in [5, 5.41) is 0.478. The third-order valence-electron chi connectivity index (χ3n) is 4.04. The molecule has 0 saturated heterocycles. The molecule has 0 radical (unpaired) electrons.